The zero-order valence-electron chi connectivity index (χ0n) is 15.6. The van der Waals surface area contributed by atoms with E-state index in [2.05, 4.69) is 24.0 Å². The zero-order chi connectivity index (χ0) is 23.0. The van der Waals surface area contributed by atoms with Gasteiger partial charge in [0.25, 0.3) is 5.91 Å². The van der Waals surface area contributed by atoms with Gasteiger partial charge < -0.3 is 8.92 Å². The van der Waals surface area contributed by atoms with Crippen molar-refractivity contribution >= 4 is 32.9 Å². The number of halogens is 6. The Morgan fingerprint density at radius 2 is 2.00 bits per heavy atom. The van der Waals surface area contributed by atoms with E-state index < -0.39 is 51.7 Å². The van der Waals surface area contributed by atoms with Crippen LogP contribution in [0.25, 0.3) is 17.0 Å². The van der Waals surface area contributed by atoms with Crippen LogP contribution in [0.3, 0.4) is 0 Å². The molecule has 0 aliphatic rings. The monoisotopic (exact) mass is 485 g/mol. The molecule has 3 aromatic rings. The van der Waals surface area contributed by atoms with Crippen LogP contribution in [0.2, 0.25) is 0 Å². The second-order valence-corrected chi connectivity index (χ2v) is 9.51. The van der Waals surface area contributed by atoms with Gasteiger partial charge in [0.05, 0.1) is 28.3 Å². The van der Waals surface area contributed by atoms with E-state index in [0.29, 0.717) is 5.65 Å². The van der Waals surface area contributed by atoms with Crippen molar-refractivity contribution < 1.29 is 35.5 Å². The molecule has 0 fully saturated rings. The lowest BCUT2D eigenvalue weighted by molar-refractivity contribution is -0.130. The average molecular weight is 486 g/mol. The molecule has 1 atom stereocenters. The van der Waals surface area contributed by atoms with Crippen LogP contribution < -0.4 is 0 Å². The third kappa shape index (κ3) is 6.19. The Kier molecular flexibility index (Phi) is 6.06. The van der Waals surface area contributed by atoms with Crippen LogP contribution >= 0.6 is 11.6 Å². The second-order valence-electron chi connectivity index (χ2n) is 6.52. The number of hydrogen-bond donors (Lipinski definition) is 0. The van der Waals surface area contributed by atoms with Crippen molar-refractivity contribution in [3.63, 3.8) is 0 Å². The Balaban J connectivity index is 1.77. The fourth-order valence-electron chi connectivity index (χ4n) is 2.47. The van der Waals surface area contributed by atoms with Crippen LogP contribution in [0, 0.1) is 0 Å². The predicted molar refractivity (Wildman–Crippen MR) is 99.0 cm³/mol. The Labute approximate surface area is 176 Å². The van der Waals surface area contributed by atoms with Crippen molar-refractivity contribution in [3.8, 4) is 11.4 Å². The van der Waals surface area contributed by atoms with Crippen molar-refractivity contribution in [3.05, 3.63) is 36.1 Å². The first-order valence-electron chi connectivity index (χ1n) is 8.40. The topological polar surface area (TPSA) is 103 Å². The van der Waals surface area contributed by atoms with Crippen LogP contribution in [0.15, 0.2) is 33.4 Å². The van der Waals surface area contributed by atoms with E-state index in [4.69, 9.17) is 11.6 Å². The fraction of sp³-hybridized carbons (Fsp3) is 0.375. The highest BCUT2D eigenvalue weighted by Gasteiger charge is 2.35. The first-order valence-corrected chi connectivity index (χ1v) is 10.9. The molecular formula is C16H13ClF5N5O3S. The van der Waals surface area contributed by atoms with Crippen molar-refractivity contribution in [2.45, 2.75) is 24.4 Å². The Morgan fingerprint density at radius 3 is 2.61 bits per heavy atom. The van der Waals surface area contributed by atoms with Gasteiger partial charge in [0.1, 0.15) is 5.65 Å². The van der Waals surface area contributed by atoms with Crippen molar-refractivity contribution in [1.29, 1.82) is 0 Å². The van der Waals surface area contributed by atoms with Crippen molar-refractivity contribution in [2.24, 2.45) is 4.36 Å². The van der Waals surface area contributed by atoms with Gasteiger partial charge in [0.2, 0.25) is 5.82 Å². The van der Waals surface area contributed by atoms with E-state index in [1.807, 2.05) is 0 Å². The number of amides is 1. The highest BCUT2D eigenvalue weighted by Crippen LogP contribution is 2.32. The maximum Gasteiger partial charge on any atom is 0.400 e. The van der Waals surface area contributed by atoms with E-state index in [9.17, 15) is 31.0 Å². The van der Waals surface area contributed by atoms with Crippen molar-refractivity contribution in [2.75, 3.05) is 12.0 Å². The molecule has 1 amide bonds. The number of rotatable bonds is 6. The van der Waals surface area contributed by atoms with Crippen molar-refractivity contribution in [1.82, 2.24) is 19.5 Å². The third-order valence-corrected chi connectivity index (χ3v) is 5.54. The maximum atomic E-state index is 13.0. The molecule has 0 saturated carbocycles. The number of fused-ring (bicyclic) bond motifs is 1. The molecule has 3 aromatic heterocycles. The maximum absolute atomic E-state index is 13.0. The van der Waals surface area contributed by atoms with Gasteiger partial charge in [0, 0.05) is 30.0 Å². The summed E-state index contributed by atoms with van der Waals surface area (Å²) < 4.78 is 84.3. The molecule has 0 aliphatic carbocycles. The molecule has 0 aromatic carbocycles. The molecule has 168 valence electrons. The number of aromatic nitrogens is 4. The standard InChI is InChI=1S/C16H13ClF5N5O3S/c1-31(29,5-3-15(18,19)20)26-12(28)7-10-8-27-4-2-9(6-11(27)23-10)13-24-14(30-25-13)16(17,21)22/h2,4,6,8H,3,5,7H2,1H3. The first-order chi connectivity index (χ1) is 14.2. The minimum atomic E-state index is -4.50. The molecule has 15 heteroatoms. The molecule has 3 rings (SSSR count). The number of carbonyl (C=O) groups excluding carboxylic acids is 1. The van der Waals surface area contributed by atoms with Crippen LogP contribution in [0.4, 0.5) is 22.0 Å². The number of imidazole rings is 1. The summed E-state index contributed by atoms with van der Waals surface area (Å²) in [5.74, 6) is -2.91. The molecule has 0 N–H and O–H groups in total. The summed E-state index contributed by atoms with van der Waals surface area (Å²) in [6.07, 6.45) is -2.29. The van der Waals surface area contributed by atoms with Gasteiger partial charge in [0.15, 0.2) is 0 Å². The highest BCUT2D eigenvalue weighted by atomic mass is 35.5. The minimum Gasteiger partial charge on any atom is -0.331 e. The summed E-state index contributed by atoms with van der Waals surface area (Å²) in [7, 11) is -3.34. The van der Waals surface area contributed by atoms with Crippen LogP contribution in [-0.4, -0.2) is 47.8 Å². The lowest BCUT2D eigenvalue weighted by Gasteiger charge is -2.06. The van der Waals surface area contributed by atoms with E-state index in [1.54, 1.807) is 0 Å². The third-order valence-electron chi connectivity index (χ3n) is 3.83. The van der Waals surface area contributed by atoms with Crippen LogP contribution in [0.1, 0.15) is 18.0 Å². The van der Waals surface area contributed by atoms with E-state index in [1.165, 1.54) is 28.9 Å². The molecule has 3 heterocycles. The largest absolute Gasteiger partial charge is 0.400 e. The number of carbonyl (C=O) groups is 1. The lowest BCUT2D eigenvalue weighted by atomic mass is 10.2. The van der Waals surface area contributed by atoms with Gasteiger partial charge >= 0.3 is 17.4 Å². The molecule has 1 unspecified atom stereocenters. The minimum absolute atomic E-state index is 0.163. The predicted octanol–water partition coefficient (Wildman–Crippen LogP) is 3.79. The van der Waals surface area contributed by atoms with Gasteiger partial charge in [-0.2, -0.15) is 31.3 Å². The summed E-state index contributed by atoms with van der Waals surface area (Å²) in [5, 5.41) is -0.400. The quantitative estimate of drug-likeness (QED) is 0.389. The van der Waals surface area contributed by atoms with Crippen LogP contribution in [-0.2, 0) is 26.3 Å². The highest BCUT2D eigenvalue weighted by molar-refractivity contribution is 7.93. The summed E-state index contributed by atoms with van der Waals surface area (Å²) >= 11 is 4.83. The van der Waals surface area contributed by atoms with Gasteiger partial charge in [-0.15, -0.1) is 0 Å². The Bertz CT molecular complexity index is 1240. The summed E-state index contributed by atoms with van der Waals surface area (Å²) in [4.78, 5) is 19.7. The average Bonchev–Trinajstić information content (AvgIpc) is 3.24. The summed E-state index contributed by atoms with van der Waals surface area (Å²) in [5.41, 5.74) is 0.775. The Hall–Kier alpha value is -2.61. The number of nitrogens with zero attached hydrogens (tertiary/aromatic N) is 5. The van der Waals surface area contributed by atoms with Gasteiger partial charge in [-0.1, -0.05) is 5.16 Å². The molecular weight excluding hydrogens is 473 g/mol. The van der Waals surface area contributed by atoms with Gasteiger partial charge in [-0.25, -0.2) is 9.19 Å². The van der Waals surface area contributed by atoms with Gasteiger partial charge in [-0.05, 0) is 23.7 Å². The van der Waals surface area contributed by atoms with E-state index >= 15 is 0 Å². The smallest absolute Gasteiger partial charge is 0.331 e. The molecule has 0 saturated heterocycles. The molecule has 8 nitrogen and oxygen atoms in total. The fourth-order valence-corrected chi connectivity index (χ4v) is 3.74. The second kappa shape index (κ2) is 8.15. The van der Waals surface area contributed by atoms with Gasteiger partial charge in [-0.3, -0.25) is 4.79 Å². The van der Waals surface area contributed by atoms with E-state index in [0.717, 1.165) is 6.26 Å². The number of hydrogen-bond acceptors (Lipinski definition) is 6. The molecule has 0 aliphatic heterocycles. The SMILES string of the molecule is CS(=O)(CCC(F)(F)F)=NC(=O)Cc1cn2ccc(-c3noc(C(F)(F)Cl)n3)cc2n1. The molecule has 31 heavy (non-hydrogen) atoms. The molecule has 0 radical (unpaired) electrons. The number of pyridine rings is 1. The van der Waals surface area contributed by atoms with E-state index in [-0.39, 0.29) is 17.1 Å². The number of alkyl halides is 6. The first kappa shape index (κ1) is 23.1. The normalized spacial score (nSPS) is 14.5. The van der Waals surface area contributed by atoms with Crippen LogP contribution in [0.5, 0.6) is 0 Å². The summed E-state index contributed by atoms with van der Waals surface area (Å²) in [6.45, 7) is 0. The zero-order valence-corrected chi connectivity index (χ0v) is 17.1. The lowest BCUT2D eigenvalue weighted by Crippen LogP contribution is -2.16. The molecule has 0 bridgehead atoms. The summed E-state index contributed by atoms with van der Waals surface area (Å²) in [6, 6.07) is 2.90. The molecule has 0 spiro atoms. The Morgan fingerprint density at radius 1 is 1.29 bits per heavy atom.